The van der Waals surface area contributed by atoms with Crippen LogP contribution in [0.4, 0.5) is 0 Å². The van der Waals surface area contributed by atoms with Gasteiger partial charge in [-0.25, -0.2) is 0 Å². The minimum Gasteiger partial charge on any atom is -0.381 e. The number of carbonyl (C=O) groups excluding carboxylic acids is 1. The summed E-state index contributed by atoms with van der Waals surface area (Å²) < 4.78 is 0. The molecule has 2 heteroatoms. The molecule has 0 aliphatic rings. The smallest absolute Gasteiger partial charge is 0.168 e. The largest absolute Gasteiger partial charge is 0.381 e. The minimum absolute atomic E-state index is 0.0276. The molecule has 0 radical (unpaired) electrons. The monoisotopic (exact) mass is 206 g/mol. The van der Waals surface area contributed by atoms with Gasteiger partial charge in [-0.15, -0.1) is 0 Å². The van der Waals surface area contributed by atoms with Crippen molar-refractivity contribution in [2.75, 3.05) is 0 Å². The van der Waals surface area contributed by atoms with Gasteiger partial charge in [0.15, 0.2) is 5.78 Å². The summed E-state index contributed by atoms with van der Waals surface area (Å²) in [5.41, 5.74) is 0.689. The van der Waals surface area contributed by atoms with E-state index in [9.17, 15) is 9.90 Å². The number of Topliss-reactive ketones (excluding diaryl/α,β-unsaturated/α-hetero) is 1. The van der Waals surface area contributed by atoms with Crippen molar-refractivity contribution in [1.29, 1.82) is 0 Å². The minimum atomic E-state index is -0.962. The molecule has 1 rings (SSSR count). The topological polar surface area (TPSA) is 37.3 Å². The van der Waals surface area contributed by atoms with Crippen LogP contribution in [0.1, 0.15) is 38.4 Å². The average Bonchev–Trinajstić information content (AvgIpc) is 2.30. The number of rotatable bonds is 5. The van der Waals surface area contributed by atoms with Gasteiger partial charge in [-0.05, 0) is 18.4 Å². The van der Waals surface area contributed by atoms with Gasteiger partial charge >= 0.3 is 0 Å². The summed E-state index contributed by atoms with van der Waals surface area (Å²) >= 11 is 0. The summed E-state index contributed by atoms with van der Waals surface area (Å²) in [4.78, 5) is 11.9. The maximum Gasteiger partial charge on any atom is 0.168 e. The molecule has 0 bridgehead atoms. The van der Waals surface area contributed by atoms with Crippen molar-refractivity contribution in [3.05, 3.63) is 35.9 Å². The van der Waals surface area contributed by atoms with Crippen molar-refractivity contribution in [1.82, 2.24) is 0 Å². The second-order valence-corrected chi connectivity index (χ2v) is 3.73. The Labute approximate surface area is 90.9 Å². The van der Waals surface area contributed by atoms with Gasteiger partial charge in [0.1, 0.15) is 6.10 Å². The van der Waals surface area contributed by atoms with E-state index in [1.54, 1.807) is 12.1 Å². The van der Waals surface area contributed by atoms with Crippen molar-refractivity contribution in [3.8, 4) is 0 Å². The van der Waals surface area contributed by atoms with Crippen molar-refractivity contribution in [3.63, 3.8) is 0 Å². The molecule has 1 N–H and O–H groups in total. The third-order valence-corrected chi connectivity index (χ3v) is 2.77. The molecule has 1 atom stereocenters. The average molecular weight is 206 g/mol. The third-order valence-electron chi connectivity index (χ3n) is 2.77. The standard InChI is InChI=1S/C13H18O2/c1-3-10(4-2)12(14)13(15)11-8-6-5-7-9-11/h5-10,13,15H,3-4H2,1-2H3. The zero-order valence-corrected chi connectivity index (χ0v) is 9.31. The van der Waals surface area contributed by atoms with Crippen LogP contribution in [-0.2, 0) is 4.79 Å². The van der Waals surface area contributed by atoms with Gasteiger partial charge in [0.2, 0.25) is 0 Å². The lowest BCUT2D eigenvalue weighted by Crippen LogP contribution is -2.21. The van der Waals surface area contributed by atoms with E-state index in [-0.39, 0.29) is 11.7 Å². The van der Waals surface area contributed by atoms with Crippen molar-refractivity contribution >= 4 is 5.78 Å². The van der Waals surface area contributed by atoms with Crippen molar-refractivity contribution < 1.29 is 9.90 Å². The zero-order valence-electron chi connectivity index (χ0n) is 9.31. The molecule has 1 aromatic rings. The first-order valence-corrected chi connectivity index (χ1v) is 5.47. The van der Waals surface area contributed by atoms with Crippen LogP contribution in [0, 0.1) is 5.92 Å². The van der Waals surface area contributed by atoms with E-state index in [4.69, 9.17) is 0 Å². The summed E-state index contributed by atoms with van der Waals surface area (Å²) in [6, 6.07) is 9.10. The lowest BCUT2D eigenvalue weighted by atomic mass is 9.91. The Morgan fingerprint density at radius 2 is 1.73 bits per heavy atom. The van der Waals surface area contributed by atoms with Crippen molar-refractivity contribution in [2.45, 2.75) is 32.8 Å². The van der Waals surface area contributed by atoms with Crippen LogP contribution in [0.3, 0.4) is 0 Å². The molecule has 0 fully saturated rings. The van der Waals surface area contributed by atoms with Crippen LogP contribution >= 0.6 is 0 Å². The van der Waals surface area contributed by atoms with E-state index >= 15 is 0 Å². The highest BCUT2D eigenvalue weighted by molar-refractivity contribution is 5.86. The van der Waals surface area contributed by atoms with Crippen LogP contribution in [0.2, 0.25) is 0 Å². The summed E-state index contributed by atoms with van der Waals surface area (Å²) in [5.74, 6) is -0.0913. The molecule has 0 amide bonds. The van der Waals surface area contributed by atoms with E-state index in [0.717, 1.165) is 12.8 Å². The zero-order chi connectivity index (χ0) is 11.3. The fourth-order valence-corrected chi connectivity index (χ4v) is 1.71. The molecule has 0 saturated carbocycles. The number of aliphatic hydroxyl groups is 1. The highest BCUT2D eigenvalue weighted by Gasteiger charge is 2.23. The Kier molecular flexibility index (Phi) is 4.50. The first-order chi connectivity index (χ1) is 7.20. The van der Waals surface area contributed by atoms with Crippen LogP contribution in [-0.4, -0.2) is 10.9 Å². The van der Waals surface area contributed by atoms with Gasteiger partial charge in [0.25, 0.3) is 0 Å². The molecule has 1 unspecified atom stereocenters. The lowest BCUT2D eigenvalue weighted by Gasteiger charge is -2.16. The van der Waals surface area contributed by atoms with E-state index in [1.165, 1.54) is 0 Å². The summed E-state index contributed by atoms with van der Waals surface area (Å²) in [5, 5.41) is 9.87. The number of benzene rings is 1. The van der Waals surface area contributed by atoms with Crippen LogP contribution in [0.5, 0.6) is 0 Å². The summed E-state index contributed by atoms with van der Waals surface area (Å²) in [6.07, 6.45) is 0.620. The molecule has 0 saturated heterocycles. The molecular weight excluding hydrogens is 188 g/mol. The van der Waals surface area contributed by atoms with E-state index < -0.39 is 6.10 Å². The predicted octanol–water partition coefficient (Wildman–Crippen LogP) is 2.73. The maximum atomic E-state index is 11.9. The first kappa shape index (κ1) is 11.9. The molecule has 0 aliphatic heterocycles. The van der Waals surface area contributed by atoms with Gasteiger partial charge in [-0.3, -0.25) is 4.79 Å². The van der Waals surface area contributed by atoms with Crippen LogP contribution < -0.4 is 0 Å². The first-order valence-electron chi connectivity index (χ1n) is 5.47. The molecule has 0 heterocycles. The van der Waals surface area contributed by atoms with Gasteiger partial charge in [0, 0.05) is 5.92 Å². The maximum absolute atomic E-state index is 11.9. The third kappa shape index (κ3) is 2.90. The molecule has 2 nitrogen and oxygen atoms in total. The molecule has 0 spiro atoms. The number of carbonyl (C=O) groups is 1. The van der Waals surface area contributed by atoms with E-state index in [2.05, 4.69) is 0 Å². The quantitative estimate of drug-likeness (QED) is 0.804. The van der Waals surface area contributed by atoms with Gasteiger partial charge < -0.3 is 5.11 Å². The Morgan fingerprint density at radius 3 is 2.20 bits per heavy atom. The second-order valence-electron chi connectivity index (χ2n) is 3.73. The number of hydrogen-bond donors (Lipinski definition) is 1. The van der Waals surface area contributed by atoms with Gasteiger partial charge in [0.05, 0.1) is 0 Å². The predicted molar refractivity (Wildman–Crippen MR) is 60.5 cm³/mol. The fraction of sp³-hybridized carbons (Fsp3) is 0.462. The summed E-state index contributed by atoms with van der Waals surface area (Å²) in [6.45, 7) is 3.95. The molecule has 0 aromatic heterocycles. The molecular formula is C13H18O2. The SMILES string of the molecule is CCC(CC)C(=O)C(O)c1ccccc1. The van der Waals surface area contributed by atoms with Gasteiger partial charge in [-0.2, -0.15) is 0 Å². The second kappa shape index (κ2) is 5.66. The Balaban J connectivity index is 2.76. The van der Waals surface area contributed by atoms with Gasteiger partial charge in [-0.1, -0.05) is 44.2 Å². The molecule has 0 aliphatic carbocycles. The summed E-state index contributed by atoms with van der Waals surface area (Å²) in [7, 11) is 0. The van der Waals surface area contributed by atoms with E-state index in [1.807, 2.05) is 32.0 Å². The molecule has 82 valence electrons. The highest BCUT2D eigenvalue weighted by Crippen LogP contribution is 2.21. The lowest BCUT2D eigenvalue weighted by molar-refractivity contribution is -0.131. The van der Waals surface area contributed by atoms with Crippen LogP contribution in [0.25, 0.3) is 0 Å². The molecule has 15 heavy (non-hydrogen) atoms. The normalized spacial score (nSPS) is 12.8. The number of ketones is 1. The highest BCUT2D eigenvalue weighted by atomic mass is 16.3. The fourth-order valence-electron chi connectivity index (χ4n) is 1.71. The number of aliphatic hydroxyl groups excluding tert-OH is 1. The Bertz CT molecular complexity index is 302. The Hall–Kier alpha value is -1.15. The Morgan fingerprint density at radius 1 is 1.20 bits per heavy atom. The van der Waals surface area contributed by atoms with Crippen molar-refractivity contribution in [2.24, 2.45) is 5.92 Å². The van der Waals surface area contributed by atoms with E-state index in [0.29, 0.717) is 5.56 Å². The molecule has 1 aromatic carbocycles. The number of hydrogen-bond acceptors (Lipinski definition) is 2. The van der Waals surface area contributed by atoms with Crippen LogP contribution in [0.15, 0.2) is 30.3 Å².